The first-order valence-electron chi connectivity index (χ1n) is 10.1. The van der Waals surface area contributed by atoms with Crippen LogP contribution >= 0.6 is 0 Å². The number of carbonyl (C=O) groups excluding carboxylic acids is 1. The molecule has 6 atom stereocenters. The molecule has 164 valence electrons. The van der Waals surface area contributed by atoms with Gasteiger partial charge in [-0.25, -0.2) is 0 Å². The van der Waals surface area contributed by atoms with Crippen molar-refractivity contribution in [3.8, 4) is 0 Å². The van der Waals surface area contributed by atoms with Crippen molar-refractivity contribution >= 4 is 5.97 Å². The molecule has 0 spiro atoms. The SMILES string of the molecule is CCCCOC(=O)C[C@@H](CCc1ccccc1)O[C@H]1O[C@@H](CO)[C@H](O)[C@@H](O)[C@@H]1O. The first kappa shape index (κ1) is 23.7. The lowest BCUT2D eigenvalue weighted by atomic mass is 9.99. The second kappa shape index (κ2) is 12.2. The average Bonchev–Trinajstić information content (AvgIpc) is 2.73. The molecule has 0 amide bonds. The number of hydrogen-bond acceptors (Lipinski definition) is 8. The van der Waals surface area contributed by atoms with E-state index in [2.05, 4.69) is 0 Å². The minimum Gasteiger partial charge on any atom is -0.466 e. The van der Waals surface area contributed by atoms with Crippen molar-refractivity contribution in [2.45, 2.75) is 75.8 Å². The number of esters is 1. The Labute approximate surface area is 171 Å². The summed E-state index contributed by atoms with van der Waals surface area (Å²) >= 11 is 0. The van der Waals surface area contributed by atoms with Crippen LogP contribution in [0.15, 0.2) is 30.3 Å². The third-order valence-electron chi connectivity index (χ3n) is 4.93. The minimum atomic E-state index is -1.53. The predicted molar refractivity (Wildman–Crippen MR) is 104 cm³/mol. The van der Waals surface area contributed by atoms with Gasteiger partial charge in [-0.15, -0.1) is 0 Å². The summed E-state index contributed by atoms with van der Waals surface area (Å²) in [6.07, 6.45) is -4.75. The minimum absolute atomic E-state index is 0.0361. The van der Waals surface area contributed by atoms with E-state index in [0.717, 1.165) is 18.4 Å². The summed E-state index contributed by atoms with van der Waals surface area (Å²) in [5.74, 6) is -0.416. The highest BCUT2D eigenvalue weighted by Gasteiger charge is 2.44. The topological polar surface area (TPSA) is 126 Å². The first-order chi connectivity index (χ1) is 14.0. The van der Waals surface area contributed by atoms with Crippen LogP contribution in [0.4, 0.5) is 0 Å². The van der Waals surface area contributed by atoms with Crippen LogP contribution in [0.1, 0.15) is 38.2 Å². The fourth-order valence-electron chi connectivity index (χ4n) is 3.14. The van der Waals surface area contributed by atoms with Crippen LogP contribution in [0.3, 0.4) is 0 Å². The van der Waals surface area contributed by atoms with Crippen molar-refractivity contribution in [3.05, 3.63) is 35.9 Å². The molecule has 0 radical (unpaired) electrons. The molecule has 1 heterocycles. The van der Waals surface area contributed by atoms with E-state index in [1.165, 1.54) is 0 Å². The lowest BCUT2D eigenvalue weighted by molar-refractivity contribution is -0.311. The number of aliphatic hydroxyl groups excluding tert-OH is 4. The third kappa shape index (κ3) is 7.33. The maximum absolute atomic E-state index is 12.2. The average molecular weight is 412 g/mol. The lowest BCUT2D eigenvalue weighted by Gasteiger charge is -2.40. The van der Waals surface area contributed by atoms with Crippen molar-refractivity contribution in [2.75, 3.05) is 13.2 Å². The zero-order valence-electron chi connectivity index (χ0n) is 16.7. The number of unbranched alkanes of at least 4 members (excludes halogenated alkanes) is 1. The van der Waals surface area contributed by atoms with Crippen molar-refractivity contribution in [1.82, 2.24) is 0 Å². The largest absolute Gasteiger partial charge is 0.466 e. The molecular weight excluding hydrogens is 380 g/mol. The highest BCUT2D eigenvalue weighted by atomic mass is 16.7. The van der Waals surface area contributed by atoms with E-state index in [-0.39, 0.29) is 6.42 Å². The number of hydrogen-bond donors (Lipinski definition) is 4. The molecule has 1 aliphatic rings. The Balaban J connectivity index is 2.01. The van der Waals surface area contributed by atoms with Crippen LogP contribution in [0, 0.1) is 0 Å². The fraction of sp³-hybridized carbons (Fsp3) is 0.667. The summed E-state index contributed by atoms with van der Waals surface area (Å²) in [5, 5.41) is 39.4. The van der Waals surface area contributed by atoms with E-state index in [0.29, 0.717) is 19.4 Å². The van der Waals surface area contributed by atoms with Gasteiger partial charge in [0.2, 0.25) is 0 Å². The third-order valence-corrected chi connectivity index (χ3v) is 4.93. The maximum Gasteiger partial charge on any atom is 0.308 e. The summed E-state index contributed by atoms with van der Waals surface area (Å²) in [7, 11) is 0. The number of aryl methyl sites for hydroxylation is 1. The van der Waals surface area contributed by atoms with Crippen LogP contribution in [0.5, 0.6) is 0 Å². The Morgan fingerprint density at radius 1 is 1.14 bits per heavy atom. The standard InChI is InChI=1S/C21H32O8/c1-2-3-11-27-17(23)12-15(10-9-14-7-5-4-6-8-14)28-21-20(26)19(25)18(24)16(13-22)29-21/h4-8,15-16,18-22,24-26H,2-3,9-13H2,1H3/t15-,16+,18+,19-,20+,21+/m1/s1. The molecule has 8 nitrogen and oxygen atoms in total. The molecule has 4 N–H and O–H groups in total. The summed E-state index contributed by atoms with van der Waals surface area (Å²) in [6.45, 7) is 1.79. The summed E-state index contributed by atoms with van der Waals surface area (Å²) in [4.78, 5) is 12.2. The molecule has 1 aliphatic heterocycles. The van der Waals surface area contributed by atoms with E-state index in [1.54, 1.807) is 0 Å². The van der Waals surface area contributed by atoms with Gasteiger partial charge in [0.25, 0.3) is 0 Å². The Bertz CT molecular complexity index is 594. The molecule has 29 heavy (non-hydrogen) atoms. The number of benzene rings is 1. The van der Waals surface area contributed by atoms with Crippen LogP contribution in [-0.4, -0.2) is 76.4 Å². The maximum atomic E-state index is 12.2. The number of carbonyl (C=O) groups is 1. The van der Waals surface area contributed by atoms with E-state index < -0.39 is 49.4 Å². The van der Waals surface area contributed by atoms with E-state index in [9.17, 15) is 25.2 Å². The normalized spacial score (nSPS) is 28.1. The van der Waals surface area contributed by atoms with Gasteiger partial charge in [0.15, 0.2) is 6.29 Å². The van der Waals surface area contributed by atoms with Gasteiger partial charge >= 0.3 is 5.97 Å². The molecule has 0 aliphatic carbocycles. The summed E-state index contributed by atoms with van der Waals surface area (Å²) in [6, 6.07) is 9.68. The van der Waals surface area contributed by atoms with Gasteiger partial charge in [-0.05, 0) is 24.8 Å². The van der Waals surface area contributed by atoms with Gasteiger partial charge in [0.05, 0.1) is 25.7 Å². The highest BCUT2D eigenvalue weighted by Crippen LogP contribution is 2.25. The zero-order chi connectivity index (χ0) is 21.2. The lowest BCUT2D eigenvalue weighted by Crippen LogP contribution is -2.59. The molecule has 0 unspecified atom stereocenters. The number of rotatable bonds is 11. The van der Waals surface area contributed by atoms with Gasteiger partial charge in [-0.1, -0.05) is 43.7 Å². The first-order valence-corrected chi connectivity index (χ1v) is 10.1. The smallest absolute Gasteiger partial charge is 0.308 e. The highest BCUT2D eigenvalue weighted by molar-refractivity contribution is 5.69. The Morgan fingerprint density at radius 2 is 1.86 bits per heavy atom. The van der Waals surface area contributed by atoms with E-state index >= 15 is 0 Å². The van der Waals surface area contributed by atoms with Gasteiger partial charge in [-0.3, -0.25) is 4.79 Å². The van der Waals surface area contributed by atoms with Gasteiger partial charge in [0.1, 0.15) is 24.4 Å². The molecule has 0 saturated carbocycles. The molecular formula is C21H32O8. The molecule has 2 rings (SSSR count). The second-order valence-corrected chi connectivity index (χ2v) is 7.26. The molecule has 1 aromatic carbocycles. The van der Waals surface area contributed by atoms with Crippen LogP contribution in [0.2, 0.25) is 0 Å². The van der Waals surface area contributed by atoms with Gasteiger partial charge < -0.3 is 34.6 Å². The molecule has 0 aromatic heterocycles. The second-order valence-electron chi connectivity index (χ2n) is 7.26. The molecule has 1 saturated heterocycles. The molecule has 8 heteroatoms. The summed E-state index contributed by atoms with van der Waals surface area (Å²) < 4.78 is 16.4. The zero-order valence-corrected chi connectivity index (χ0v) is 16.7. The fourth-order valence-corrected chi connectivity index (χ4v) is 3.14. The molecule has 0 bridgehead atoms. The van der Waals surface area contributed by atoms with Crippen molar-refractivity contribution in [1.29, 1.82) is 0 Å². The van der Waals surface area contributed by atoms with Gasteiger partial charge in [-0.2, -0.15) is 0 Å². The molecule has 1 fully saturated rings. The van der Waals surface area contributed by atoms with E-state index in [4.69, 9.17) is 14.2 Å². The quantitative estimate of drug-likeness (QED) is 0.306. The van der Waals surface area contributed by atoms with Crippen molar-refractivity contribution in [3.63, 3.8) is 0 Å². The molecule has 1 aromatic rings. The Morgan fingerprint density at radius 3 is 2.52 bits per heavy atom. The predicted octanol–water partition coefficient (Wildman–Crippen LogP) is 0.538. The van der Waals surface area contributed by atoms with Crippen LogP contribution in [0.25, 0.3) is 0 Å². The Hall–Kier alpha value is -1.55. The number of ether oxygens (including phenoxy) is 3. The Kier molecular flexibility index (Phi) is 9.99. The van der Waals surface area contributed by atoms with Crippen LogP contribution < -0.4 is 0 Å². The van der Waals surface area contributed by atoms with Crippen molar-refractivity contribution < 1.29 is 39.4 Å². The van der Waals surface area contributed by atoms with E-state index in [1.807, 2.05) is 37.3 Å². The van der Waals surface area contributed by atoms with Crippen LogP contribution in [-0.2, 0) is 25.4 Å². The van der Waals surface area contributed by atoms with Gasteiger partial charge in [0, 0.05) is 0 Å². The monoisotopic (exact) mass is 412 g/mol. The number of aliphatic hydroxyl groups is 4. The van der Waals surface area contributed by atoms with Crippen molar-refractivity contribution in [2.24, 2.45) is 0 Å². The summed E-state index contributed by atoms with van der Waals surface area (Å²) in [5.41, 5.74) is 1.06.